The highest BCUT2D eigenvalue weighted by Crippen LogP contribution is 2.03. The van der Waals surface area contributed by atoms with Crippen molar-refractivity contribution in [2.75, 3.05) is 13.2 Å². The van der Waals surface area contributed by atoms with Gasteiger partial charge in [-0.05, 0) is 0 Å². The lowest BCUT2D eigenvalue weighted by atomic mass is 10.0. The van der Waals surface area contributed by atoms with Crippen LogP contribution in [0, 0.1) is 0 Å². The molecule has 0 aromatic heterocycles. The van der Waals surface area contributed by atoms with Crippen LogP contribution in [0.5, 0.6) is 0 Å². The second-order valence-electron chi connectivity index (χ2n) is 2.48. The number of hydrogen-bond donors (Lipinski definition) is 6. The van der Waals surface area contributed by atoms with E-state index in [4.69, 9.17) is 30.6 Å². The van der Waals surface area contributed by atoms with E-state index in [0.717, 1.165) is 0 Å². The zero-order valence-corrected chi connectivity index (χ0v) is 6.41. The van der Waals surface area contributed by atoms with Gasteiger partial charge in [-0.25, -0.2) is 0 Å². The Balaban J connectivity index is 3.99. The first-order valence-corrected chi connectivity index (χ1v) is 3.48. The summed E-state index contributed by atoms with van der Waals surface area (Å²) in [6.45, 7) is -1.45. The van der Waals surface area contributed by atoms with Crippen molar-refractivity contribution in [2.24, 2.45) is 0 Å². The Morgan fingerprint density at radius 1 is 0.667 bits per heavy atom. The monoisotopic (exact) mass is 182 g/mol. The van der Waals surface area contributed by atoms with Gasteiger partial charge in [0.05, 0.1) is 13.2 Å². The van der Waals surface area contributed by atoms with Gasteiger partial charge in [0.15, 0.2) is 0 Å². The first-order valence-electron chi connectivity index (χ1n) is 3.48. The predicted molar refractivity (Wildman–Crippen MR) is 38.2 cm³/mol. The number of aliphatic hydroxyl groups is 6. The Morgan fingerprint density at radius 2 is 0.917 bits per heavy atom. The van der Waals surface area contributed by atoms with Gasteiger partial charge >= 0.3 is 0 Å². The molecule has 74 valence electrons. The number of aliphatic hydroxyl groups excluding tert-OH is 6. The molecular weight excluding hydrogens is 168 g/mol. The van der Waals surface area contributed by atoms with E-state index in [1.807, 2.05) is 0 Å². The van der Waals surface area contributed by atoms with E-state index in [1.54, 1.807) is 0 Å². The number of hydrogen-bond acceptors (Lipinski definition) is 6. The average molecular weight is 182 g/mol. The molecule has 0 bridgehead atoms. The van der Waals surface area contributed by atoms with E-state index in [2.05, 4.69) is 0 Å². The Labute approximate surface area is 69.3 Å². The van der Waals surface area contributed by atoms with Gasteiger partial charge in [0.25, 0.3) is 0 Å². The predicted octanol–water partition coefficient (Wildman–Crippen LogP) is -3.59. The molecule has 0 fully saturated rings. The van der Waals surface area contributed by atoms with Gasteiger partial charge in [0.2, 0.25) is 0 Å². The standard InChI is InChI=1S/C6H14O6/c7-1-3(9)5(11)6(12)4(10)2-8/h3-12H,1-2H2/t3-,4?,5-,6-/m1/s1. The third kappa shape index (κ3) is 3.02. The fourth-order valence-electron chi connectivity index (χ4n) is 0.671. The van der Waals surface area contributed by atoms with Crippen LogP contribution in [0.25, 0.3) is 0 Å². The molecular formula is C6H14O6. The molecule has 0 aliphatic rings. The quantitative estimate of drug-likeness (QED) is 0.261. The average Bonchev–Trinajstić information content (AvgIpc) is 2.12. The molecule has 6 nitrogen and oxygen atoms in total. The molecule has 12 heavy (non-hydrogen) atoms. The van der Waals surface area contributed by atoms with Crippen LogP contribution in [0.15, 0.2) is 0 Å². The maximum atomic E-state index is 8.96. The van der Waals surface area contributed by atoms with Gasteiger partial charge in [-0.2, -0.15) is 0 Å². The van der Waals surface area contributed by atoms with Crippen LogP contribution in [0.3, 0.4) is 0 Å². The third-order valence-electron chi connectivity index (χ3n) is 1.51. The third-order valence-corrected chi connectivity index (χ3v) is 1.51. The van der Waals surface area contributed by atoms with Gasteiger partial charge in [-0.15, -0.1) is 0 Å². The smallest absolute Gasteiger partial charge is 0.111 e. The van der Waals surface area contributed by atoms with Crippen molar-refractivity contribution in [3.05, 3.63) is 0 Å². The molecule has 1 unspecified atom stereocenters. The summed E-state index contributed by atoms with van der Waals surface area (Å²) in [5.74, 6) is 0. The first-order chi connectivity index (χ1) is 5.54. The largest absolute Gasteiger partial charge is 0.394 e. The summed E-state index contributed by atoms with van der Waals surface area (Å²) in [4.78, 5) is 0. The highest BCUT2D eigenvalue weighted by Gasteiger charge is 2.29. The molecule has 0 aromatic carbocycles. The summed E-state index contributed by atoms with van der Waals surface area (Å²) in [5, 5.41) is 52.2. The minimum absolute atomic E-state index is 0.726. The second-order valence-corrected chi connectivity index (χ2v) is 2.48. The van der Waals surface area contributed by atoms with Crippen LogP contribution < -0.4 is 0 Å². The van der Waals surface area contributed by atoms with Crippen LogP contribution in [-0.4, -0.2) is 68.3 Å². The molecule has 0 aliphatic carbocycles. The molecule has 0 radical (unpaired) electrons. The zero-order valence-electron chi connectivity index (χ0n) is 6.41. The van der Waals surface area contributed by atoms with Crippen LogP contribution >= 0.6 is 0 Å². The highest BCUT2D eigenvalue weighted by molar-refractivity contribution is 4.79. The molecule has 6 heteroatoms. The summed E-state index contributed by atoms with van der Waals surface area (Å²) in [6.07, 6.45) is -6.39. The maximum Gasteiger partial charge on any atom is 0.111 e. The normalized spacial score (nSPS) is 21.5. The van der Waals surface area contributed by atoms with Crippen molar-refractivity contribution >= 4 is 0 Å². The summed E-state index contributed by atoms with van der Waals surface area (Å²) in [6, 6.07) is 0. The van der Waals surface area contributed by atoms with Crippen molar-refractivity contribution in [3.63, 3.8) is 0 Å². The lowest BCUT2D eigenvalue weighted by Crippen LogP contribution is -2.46. The van der Waals surface area contributed by atoms with E-state index >= 15 is 0 Å². The summed E-state index contributed by atoms with van der Waals surface area (Å²) < 4.78 is 0. The lowest BCUT2D eigenvalue weighted by molar-refractivity contribution is -0.123. The minimum Gasteiger partial charge on any atom is -0.394 e. The molecule has 0 saturated carbocycles. The molecule has 0 aliphatic heterocycles. The molecule has 0 aromatic rings. The highest BCUT2D eigenvalue weighted by atomic mass is 16.4. The van der Waals surface area contributed by atoms with Gasteiger partial charge in [0, 0.05) is 0 Å². The van der Waals surface area contributed by atoms with Crippen molar-refractivity contribution < 1.29 is 30.6 Å². The van der Waals surface area contributed by atoms with Crippen LogP contribution in [-0.2, 0) is 0 Å². The van der Waals surface area contributed by atoms with E-state index in [9.17, 15) is 0 Å². The van der Waals surface area contributed by atoms with E-state index in [0.29, 0.717) is 0 Å². The molecule has 6 N–H and O–H groups in total. The Kier molecular flexibility index (Phi) is 5.31. The van der Waals surface area contributed by atoms with E-state index < -0.39 is 37.6 Å². The zero-order chi connectivity index (χ0) is 9.72. The maximum absolute atomic E-state index is 8.96. The van der Waals surface area contributed by atoms with Crippen LogP contribution in [0.4, 0.5) is 0 Å². The molecule has 0 amide bonds. The first kappa shape index (κ1) is 11.8. The summed E-state index contributed by atoms with van der Waals surface area (Å²) >= 11 is 0. The summed E-state index contributed by atoms with van der Waals surface area (Å²) in [7, 11) is 0. The van der Waals surface area contributed by atoms with Gasteiger partial charge in [0.1, 0.15) is 24.4 Å². The van der Waals surface area contributed by atoms with Crippen LogP contribution in [0.1, 0.15) is 0 Å². The van der Waals surface area contributed by atoms with Gasteiger partial charge < -0.3 is 30.6 Å². The molecule has 0 rings (SSSR count). The van der Waals surface area contributed by atoms with Crippen molar-refractivity contribution in [3.8, 4) is 0 Å². The SMILES string of the molecule is OCC(O)[C@@H](O)[C@H](O)[C@H](O)CO. The van der Waals surface area contributed by atoms with Crippen molar-refractivity contribution in [1.82, 2.24) is 0 Å². The molecule has 0 saturated heterocycles. The van der Waals surface area contributed by atoms with Crippen LogP contribution in [0.2, 0.25) is 0 Å². The Morgan fingerprint density at radius 3 is 1.08 bits per heavy atom. The fourth-order valence-corrected chi connectivity index (χ4v) is 0.671. The van der Waals surface area contributed by atoms with Gasteiger partial charge in [-0.1, -0.05) is 0 Å². The van der Waals surface area contributed by atoms with E-state index in [1.165, 1.54) is 0 Å². The van der Waals surface area contributed by atoms with Crippen molar-refractivity contribution in [1.29, 1.82) is 0 Å². The van der Waals surface area contributed by atoms with E-state index in [-0.39, 0.29) is 0 Å². The lowest BCUT2D eigenvalue weighted by Gasteiger charge is -2.24. The van der Waals surface area contributed by atoms with Crippen molar-refractivity contribution in [2.45, 2.75) is 24.4 Å². The fraction of sp³-hybridized carbons (Fsp3) is 1.00. The number of rotatable bonds is 5. The molecule has 0 spiro atoms. The topological polar surface area (TPSA) is 121 Å². The summed E-state index contributed by atoms with van der Waals surface area (Å²) in [5.41, 5.74) is 0. The Hall–Kier alpha value is -0.240. The van der Waals surface area contributed by atoms with Gasteiger partial charge in [-0.3, -0.25) is 0 Å². The second kappa shape index (κ2) is 5.41. The molecule has 0 heterocycles. The Bertz CT molecular complexity index is 105. The molecule has 4 atom stereocenters. The minimum atomic E-state index is -1.67.